The van der Waals surface area contributed by atoms with E-state index in [1.54, 1.807) is 6.92 Å². The highest BCUT2D eigenvalue weighted by Crippen LogP contribution is 2.35. The molecule has 1 aliphatic rings. The first-order valence-electron chi connectivity index (χ1n) is 8.48. The van der Waals surface area contributed by atoms with Gasteiger partial charge in [0.25, 0.3) is 0 Å². The summed E-state index contributed by atoms with van der Waals surface area (Å²) in [5.74, 6) is -0.144. The maximum absolute atomic E-state index is 12.6. The zero-order valence-corrected chi connectivity index (χ0v) is 17.5. The van der Waals surface area contributed by atoms with Gasteiger partial charge in [-0.15, -0.1) is 0 Å². The lowest BCUT2D eigenvalue weighted by Gasteiger charge is -2.20. The van der Waals surface area contributed by atoms with E-state index >= 15 is 0 Å². The molecule has 10 heteroatoms. The third kappa shape index (κ3) is 5.49. The number of hydrogen-bond donors (Lipinski definition) is 2. The minimum atomic E-state index is -0.675. The number of thiocarbonyl (C=S) groups is 1. The molecule has 2 rings (SSSR count). The van der Waals surface area contributed by atoms with Crippen LogP contribution in [-0.2, 0) is 24.8 Å². The van der Waals surface area contributed by atoms with Crippen molar-refractivity contribution in [1.29, 1.82) is 0 Å². The number of phenolic OH excluding ortho intramolecular Hbond substituents is 1. The predicted octanol–water partition coefficient (Wildman–Crippen LogP) is 1.59. The standard InChI is InChI=1S/C18H23NO7S2/c1-10-14(23-2)6-13(20)11-8-28-9-12(17(21)24-3)19-15(27)7-25-4-5-26-18(22)16(10)11/h6,12,20H,4-5,7-9H2,1-3H3,(H,19,27)/t12-/m0/s1. The third-order valence-electron chi connectivity index (χ3n) is 4.09. The molecule has 0 bridgehead atoms. The zero-order valence-electron chi connectivity index (χ0n) is 15.9. The van der Waals surface area contributed by atoms with Crippen LogP contribution >= 0.6 is 24.0 Å². The number of methoxy groups -OCH3 is 2. The third-order valence-corrected chi connectivity index (χ3v) is 5.39. The van der Waals surface area contributed by atoms with Crippen molar-refractivity contribution < 1.29 is 33.6 Å². The summed E-state index contributed by atoms with van der Waals surface area (Å²) in [5.41, 5.74) is 1.23. The second-order valence-electron chi connectivity index (χ2n) is 5.92. The molecule has 1 aromatic rings. The first-order chi connectivity index (χ1) is 13.4. The number of cyclic esters (lactones) is 1. The summed E-state index contributed by atoms with van der Waals surface area (Å²) in [6.45, 7) is 1.97. The molecule has 0 radical (unpaired) electrons. The van der Waals surface area contributed by atoms with Crippen LogP contribution in [0.5, 0.6) is 11.5 Å². The van der Waals surface area contributed by atoms with Gasteiger partial charge < -0.3 is 29.4 Å². The second kappa shape index (κ2) is 10.5. The molecule has 0 fully saturated rings. The molecule has 154 valence electrons. The molecule has 0 aliphatic carbocycles. The minimum absolute atomic E-state index is 0.0197. The first kappa shape index (κ1) is 22.3. The molecule has 28 heavy (non-hydrogen) atoms. The van der Waals surface area contributed by atoms with Gasteiger partial charge >= 0.3 is 11.9 Å². The van der Waals surface area contributed by atoms with Crippen molar-refractivity contribution in [3.63, 3.8) is 0 Å². The topological polar surface area (TPSA) is 103 Å². The van der Waals surface area contributed by atoms with Crippen molar-refractivity contribution in [3.8, 4) is 11.5 Å². The van der Waals surface area contributed by atoms with E-state index in [-0.39, 0.29) is 36.9 Å². The number of rotatable bonds is 2. The van der Waals surface area contributed by atoms with Crippen molar-refractivity contribution in [3.05, 3.63) is 22.8 Å². The maximum Gasteiger partial charge on any atom is 0.339 e. The van der Waals surface area contributed by atoms with E-state index in [1.807, 2.05) is 0 Å². The van der Waals surface area contributed by atoms with Gasteiger partial charge in [-0.3, -0.25) is 0 Å². The molecule has 0 saturated heterocycles. The van der Waals surface area contributed by atoms with E-state index in [0.29, 0.717) is 27.6 Å². The Bertz CT molecular complexity index is 754. The molecule has 2 N–H and O–H groups in total. The first-order valence-corrected chi connectivity index (χ1v) is 10.0. The molecule has 0 aromatic heterocycles. The highest BCUT2D eigenvalue weighted by atomic mass is 32.2. The quantitative estimate of drug-likeness (QED) is 0.532. The molecule has 1 aromatic carbocycles. The van der Waals surface area contributed by atoms with Crippen LogP contribution in [0.4, 0.5) is 0 Å². The van der Waals surface area contributed by atoms with Crippen LogP contribution < -0.4 is 10.1 Å². The number of ether oxygens (including phenoxy) is 4. The Morgan fingerprint density at radius 1 is 1.39 bits per heavy atom. The number of esters is 2. The Morgan fingerprint density at radius 2 is 2.14 bits per heavy atom. The van der Waals surface area contributed by atoms with Gasteiger partial charge in [-0.25, -0.2) is 9.59 Å². The molecule has 0 saturated carbocycles. The molecule has 0 spiro atoms. The van der Waals surface area contributed by atoms with Crippen LogP contribution in [0, 0.1) is 6.92 Å². The zero-order chi connectivity index (χ0) is 20.7. The van der Waals surface area contributed by atoms with Crippen molar-refractivity contribution in [2.75, 3.05) is 39.8 Å². The number of hydrogen-bond acceptors (Lipinski definition) is 9. The van der Waals surface area contributed by atoms with Gasteiger partial charge in [0.05, 0.1) is 33.0 Å². The largest absolute Gasteiger partial charge is 0.507 e. The number of fused-ring (bicyclic) bond motifs is 1. The summed E-state index contributed by atoms with van der Waals surface area (Å²) in [6.07, 6.45) is 0. The Morgan fingerprint density at radius 3 is 2.82 bits per heavy atom. The number of aromatic hydroxyl groups is 1. The predicted molar refractivity (Wildman–Crippen MR) is 108 cm³/mol. The normalized spacial score (nSPS) is 18.9. The Kier molecular flexibility index (Phi) is 8.34. The van der Waals surface area contributed by atoms with Crippen LogP contribution in [-0.4, -0.2) is 67.9 Å². The van der Waals surface area contributed by atoms with Gasteiger partial charge in [0.1, 0.15) is 29.1 Å². The Labute approximate surface area is 172 Å². The minimum Gasteiger partial charge on any atom is -0.507 e. The summed E-state index contributed by atoms with van der Waals surface area (Å²) < 4.78 is 20.7. The van der Waals surface area contributed by atoms with Crippen molar-refractivity contribution in [2.45, 2.75) is 18.7 Å². The summed E-state index contributed by atoms with van der Waals surface area (Å²) in [5, 5.41) is 13.3. The van der Waals surface area contributed by atoms with Gasteiger partial charge in [0, 0.05) is 28.7 Å². The molecule has 0 unspecified atom stereocenters. The number of carbonyl (C=O) groups excluding carboxylic acids is 2. The van der Waals surface area contributed by atoms with E-state index < -0.39 is 18.0 Å². The smallest absolute Gasteiger partial charge is 0.339 e. The lowest BCUT2D eigenvalue weighted by molar-refractivity contribution is -0.142. The molecular formula is C18H23NO7S2. The number of thioether (sulfide) groups is 1. The monoisotopic (exact) mass is 429 g/mol. The number of nitrogens with one attached hydrogen (secondary N) is 1. The van der Waals surface area contributed by atoms with E-state index in [0.717, 1.165) is 0 Å². The molecule has 8 nitrogen and oxygen atoms in total. The Balaban J connectivity index is 2.35. The van der Waals surface area contributed by atoms with Crippen LogP contribution in [0.25, 0.3) is 0 Å². The number of benzene rings is 1. The summed E-state index contributed by atoms with van der Waals surface area (Å²) in [6, 6.07) is 0.783. The average Bonchev–Trinajstić information content (AvgIpc) is 2.67. The fourth-order valence-electron chi connectivity index (χ4n) is 2.69. The molecule has 1 aliphatic heterocycles. The SMILES string of the molecule is COC(=O)[C@@H]1CSCc2c(O)cc(OC)c(C)c2C(=O)OCCOCC(=S)N1. The Hall–Kier alpha value is -2.04. The summed E-state index contributed by atoms with van der Waals surface area (Å²) in [4.78, 5) is 25.0. The van der Waals surface area contributed by atoms with E-state index in [1.165, 1.54) is 32.0 Å². The molecule has 1 atom stereocenters. The van der Waals surface area contributed by atoms with Gasteiger partial charge in [-0.2, -0.15) is 11.8 Å². The summed E-state index contributed by atoms with van der Waals surface area (Å²) in [7, 11) is 2.76. The van der Waals surface area contributed by atoms with Crippen LogP contribution in [0.15, 0.2) is 6.07 Å². The average molecular weight is 430 g/mol. The maximum atomic E-state index is 12.6. The fraction of sp³-hybridized carbons (Fsp3) is 0.500. The molecule has 1 heterocycles. The van der Waals surface area contributed by atoms with Crippen LogP contribution in [0.3, 0.4) is 0 Å². The fourth-order valence-corrected chi connectivity index (χ4v) is 3.98. The van der Waals surface area contributed by atoms with Crippen molar-refractivity contribution >= 4 is 40.9 Å². The molecule has 0 amide bonds. The number of carbonyl (C=O) groups is 2. The second-order valence-corrected chi connectivity index (χ2v) is 7.45. The highest BCUT2D eigenvalue weighted by molar-refractivity contribution is 7.98. The van der Waals surface area contributed by atoms with E-state index in [9.17, 15) is 14.7 Å². The summed E-state index contributed by atoms with van der Waals surface area (Å²) >= 11 is 6.52. The van der Waals surface area contributed by atoms with E-state index in [4.69, 9.17) is 31.2 Å². The van der Waals surface area contributed by atoms with Gasteiger partial charge in [0.15, 0.2) is 0 Å². The van der Waals surface area contributed by atoms with Gasteiger partial charge in [-0.1, -0.05) is 12.2 Å². The van der Waals surface area contributed by atoms with Gasteiger partial charge in [-0.05, 0) is 6.92 Å². The van der Waals surface area contributed by atoms with Crippen LogP contribution in [0.1, 0.15) is 21.5 Å². The van der Waals surface area contributed by atoms with Gasteiger partial charge in [0.2, 0.25) is 0 Å². The number of phenols is 1. The lowest BCUT2D eigenvalue weighted by Crippen LogP contribution is -2.44. The highest BCUT2D eigenvalue weighted by Gasteiger charge is 2.25. The van der Waals surface area contributed by atoms with Crippen molar-refractivity contribution in [1.82, 2.24) is 5.32 Å². The van der Waals surface area contributed by atoms with Crippen molar-refractivity contribution in [2.24, 2.45) is 0 Å². The lowest BCUT2D eigenvalue weighted by atomic mass is 10.0. The molecular weight excluding hydrogens is 406 g/mol. The van der Waals surface area contributed by atoms with E-state index in [2.05, 4.69) is 5.32 Å². The van der Waals surface area contributed by atoms with Crippen LogP contribution in [0.2, 0.25) is 0 Å².